The van der Waals surface area contributed by atoms with Crippen LogP contribution in [0, 0.1) is 5.92 Å². The summed E-state index contributed by atoms with van der Waals surface area (Å²) in [7, 11) is -3.67. The van der Waals surface area contributed by atoms with Gasteiger partial charge in [-0.15, -0.1) is 5.10 Å². The molecule has 2 saturated carbocycles. The Hall–Kier alpha value is -3.71. The number of anilines is 2. The number of carbonyl (C=O) groups is 2. The first-order chi connectivity index (χ1) is 19.3. The molecule has 0 unspecified atom stereocenters. The zero-order valence-corrected chi connectivity index (χ0v) is 24.2. The molecule has 2 aromatic heterocycles. The van der Waals surface area contributed by atoms with Crippen LogP contribution in [0.5, 0.6) is 0 Å². The van der Waals surface area contributed by atoms with Crippen LogP contribution < -0.4 is 15.8 Å². The average Bonchev–Trinajstić information content (AvgIpc) is 3.61. The third-order valence-electron chi connectivity index (χ3n) is 8.56. The molecule has 2 aliphatic carbocycles. The van der Waals surface area contributed by atoms with Gasteiger partial charge in [-0.2, -0.15) is 0 Å². The largest absolute Gasteiger partial charge is 0.390 e. The van der Waals surface area contributed by atoms with Crippen LogP contribution in [0.25, 0.3) is 16.9 Å². The van der Waals surface area contributed by atoms with Gasteiger partial charge in [-0.05, 0) is 82.1 Å². The van der Waals surface area contributed by atoms with Crippen LogP contribution in [0.3, 0.4) is 0 Å². The topological polar surface area (TPSA) is 172 Å². The summed E-state index contributed by atoms with van der Waals surface area (Å²) in [4.78, 5) is 33.3. The van der Waals surface area contributed by atoms with Crippen LogP contribution in [-0.4, -0.2) is 68.8 Å². The molecular formula is C28H35N7O5S. The number of nitrogens with one attached hydrogen (secondary N) is 2. The molecule has 1 aromatic carbocycles. The Balaban J connectivity index is 1.36. The predicted molar refractivity (Wildman–Crippen MR) is 154 cm³/mol. The molecule has 6 rings (SSSR count). The minimum atomic E-state index is -3.67. The van der Waals surface area contributed by atoms with E-state index < -0.39 is 21.5 Å². The van der Waals surface area contributed by atoms with E-state index in [1.807, 2.05) is 13.0 Å². The van der Waals surface area contributed by atoms with Crippen molar-refractivity contribution in [1.29, 1.82) is 0 Å². The molecule has 0 saturated heterocycles. The smallest absolute Gasteiger partial charge is 0.259 e. The van der Waals surface area contributed by atoms with Crippen molar-refractivity contribution in [2.75, 3.05) is 16.7 Å². The van der Waals surface area contributed by atoms with Crippen molar-refractivity contribution in [3.63, 3.8) is 0 Å². The SMILES string of the molecule is C[C@@H](C1CC1)N1Cc2cc(-c3ccn4nc(N)c(C(=O)NC5CCC(C)(O)CC5)c4n3)cc(NS(C)(=O)=O)c2C1=O. The molecule has 3 aromatic rings. The average molecular weight is 582 g/mol. The molecule has 3 heterocycles. The van der Waals surface area contributed by atoms with Crippen molar-refractivity contribution >= 4 is 39.0 Å². The number of rotatable bonds is 7. The van der Waals surface area contributed by atoms with E-state index in [4.69, 9.17) is 10.7 Å². The number of benzene rings is 1. The Morgan fingerprint density at radius 3 is 2.59 bits per heavy atom. The van der Waals surface area contributed by atoms with Gasteiger partial charge in [0.15, 0.2) is 11.5 Å². The third-order valence-corrected chi connectivity index (χ3v) is 9.15. The van der Waals surface area contributed by atoms with Crippen LogP contribution in [-0.2, 0) is 16.6 Å². The van der Waals surface area contributed by atoms with E-state index >= 15 is 0 Å². The van der Waals surface area contributed by atoms with Gasteiger partial charge in [-0.1, -0.05) is 0 Å². The molecule has 0 bridgehead atoms. The van der Waals surface area contributed by atoms with E-state index in [-0.39, 0.29) is 40.7 Å². The maximum Gasteiger partial charge on any atom is 0.259 e. The van der Waals surface area contributed by atoms with E-state index in [1.165, 1.54) is 4.52 Å². The number of nitrogen functional groups attached to an aromatic ring is 1. The number of hydrogen-bond donors (Lipinski definition) is 4. The van der Waals surface area contributed by atoms with Gasteiger partial charge in [0.05, 0.1) is 28.8 Å². The second-order valence-corrected chi connectivity index (χ2v) is 13.8. The number of hydrogen-bond acceptors (Lipinski definition) is 8. The minimum absolute atomic E-state index is 0.0404. The standard InChI is InChI=1S/C28H35N7O5S/c1-15(16-4-5-16)34-14-18-12-17(13-21(22(18)27(34)37)33-41(3,39)40)20-8-11-35-25(31-20)23(24(29)32-35)26(36)30-19-6-9-28(2,38)10-7-19/h8,11-13,15-16,19,33,38H,4-7,9-10,14H2,1-3H3,(H2,29,32)(H,30,36)/t15-,19?,28?/m0/s1. The lowest BCUT2D eigenvalue weighted by Gasteiger charge is -2.33. The van der Waals surface area contributed by atoms with E-state index in [0.29, 0.717) is 60.5 Å². The Labute approximate surface area is 238 Å². The number of nitrogens with zero attached hydrogens (tertiary/aromatic N) is 4. The van der Waals surface area contributed by atoms with Crippen LogP contribution in [0.1, 0.15) is 78.7 Å². The fourth-order valence-electron chi connectivity index (χ4n) is 6.03. The molecule has 41 heavy (non-hydrogen) atoms. The van der Waals surface area contributed by atoms with Crippen LogP contribution in [0.2, 0.25) is 0 Å². The highest BCUT2D eigenvalue weighted by atomic mass is 32.2. The fourth-order valence-corrected chi connectivity index (χ4v) is 6.60. The van der Waals surface area contributed by atoms with E-state index in [0.717, 1.165) is 19.1 Å². The Bertz CT molecular complexity index is 1670. The number of carbonyl (C=O) groups excluding carboxylic acids is 2. The summed E-state index contributed by atoms with van der Waals surface area (Å²) in [6.07, 6.45) is 7.33. The maximum atomic E-state index is 13.4. The number of amides is 2. The van der Waals surface area contributed by atoms with Crippen LogP contribution in [0.15, 0.2) is 24.4 Å². The monoisotopic (exact) mass is 581 g/mol. The third kappa shape index (κ3) is 5.35. The van der Waals surface area contributed by atoms with Crippen molar-refractivity contribution in [2.24, 2.45) is 5.92 Å². The Morgan fingerprint density at radius 1 is 1.22 bits per heavy atom. The first-order valence-electron chi connectivity index (χ1n) is 13.9. The number of fused-ring (bicyclic) bond motifs is 2. The first-order valence-corrected chi connectivity index (χ1v) is 15.8. The summed E-state index contributed by atoms with van der Waals surface area (Å²) >= 11 is 0. The van der Waals surface area contributed by atoms with E-state index in [2.05, 4.69) is 15.1 Å². The fraction of sp³-hybridized carbons (Fsp3) is 0.500. The summed E-state index contributed by atoms with van der Waals surface area (Å²) in [6, 6.07) is 5.13. The molecule has 218 valence electrons. The highest BCUT2D eigenvalue weighted by Gasteiger charge is 2.40. The highest BCUT2D eigenvalue weighted by molar-refractivity contribution is 7.92. The van der Waals surface area contributed by atoms with Gasteiger partial charge >= 0.3 is 0 Å². The highest BCUT2D eigenvalue weighted by Crippen LogP contribution is 2.41. The lowest BCUT2D eigenvalue weighted by Crippen LogP contribution is -2.42. The van der Waals surface area contributed by atoms with Crippen LogP contribution >= 0.6 is 0 Å². The summed E-state index contributed by atoms with van der Waals surface area (Å²) < 4.78 is 28.5. The summed E-state index contributed by atoms with van der Waals surface area (Å²) in [5, 5.41) is 17.5. The van der Waals surface area contributed by atoms with Gasteiger partial charge in [0, 0.05) is 30.4 Å². The minimum Gasteiger partial charge on any atom is -0.390 e. The first kappa shape index (κ1) is 27.5. The maximum absolute atomic E-state index is 13.4. The quantitative estimate of drug-likeness (QED) is 0.330. The Morgan fingerprint density at radius 2 is 1.93 bits per heavy atom. The molecule has 12 nitrogen and oxygen atoms in total. The molecule has 0 spiro atoms. The van der Waals surface area contributed by atoms with Crippen molar-refractivity contribution < 1.29 is 23.1 Å². The zero-order chi connectivity index (χ0) is 29.3. The zero-order valence-electron chi connectivity index (χ0n) is 23.3. The second-order valence-electron chi connectivity index (χ2n) is 12.0. The molecule has 5 N–H and O–H groups in total. The summed E-state index contributed by atoms with van der Waals surface area (Å²) in [5.74, 6) is -0.0786. The molecule has 2 fully saturated rings. The van der Waals surface area contributed by atoms with Gasteiger partial charge in [-0.25, -0.2) is 17.9 Å². The summed E-state index contributed by atoms with van der Waals surface area (Å²) in [5.41, 5.74) is 8.18. The van der Waals surface area contributed by atoms with Gasteiger partial charge < -0.3 is 21.1 Å². The molecule has 13 heteroatoms. The molecular weight excluding hydrogens is 546 g/mol. The van der Waals surface area contributed by atoms with Gasteiger partial charge in [-0.3, -0.25) is 14.3 Å². The van der Waals surface area contributed by atoms with Gasteiger partial charge in [0.2, 0.25) is 10.0 Å². The number of aromatic nitrogens is 3. The lowest BCUT2D eigenvalue weighted by atomic mass is 9.83. The molecule has 1 atom stereocenters. The van der Waals surface area contributed by atoms with Crippen molar-refractivity contribution in [3.05, 3.63) is 41.1 Å². The molecule has 2 amide bonds. The van der Waals surface area contributed by atoms with Crippen molar-refractivity contribution in [2.45, 2.75) is 76.6 Å². The Kier molecular flexibility index (Phi) is 6.49. The van der Waals surface area contributed by atoms with Gasteiger partial charge in [0.1, 0.15) is 5.56 Å². The molecule has 3 aliphatic rings. The molecule has 1 aliphatic heterocycles. The van der Waals surface area contributed by atoms with Crippen LogP contribution in [0.4, 0.5) is 11.5 Å². The van der Waals surface area contributed by atoms with Crippen molar-refractivity contribution in [1.82, 2.24) is 24.8 Å². The normalized spacial score (nSPS) is 23.5. The number of sulfonamides is 1. The second kappa shape index (κ2) is 9.69. The summed E-state index contributed by atoms with van der Waals surface area (Å²) in [6.45, 7) is 4.21. The number of aliphatic hydroxyl groups is 1. The predicted octanol–water partition coefficient (Wildman–Crippen LogP) is 2.53. The number of nitrogens with two attached hydrogens (primary N) is 1. The van der Waals surface area contributed by atoms with Gasteiger partial charge in [0.25, 0.3) is 11.8 Å². The molecule has 0 radical (unpaired) electrons. The van der Waals surface area contributed by atoms with Crippen molar-refractivity contribution in [3.8, 4) is 11.3 Å². The lowest BCUT2D eigenvalue weighted by molar-refractivity contribution is 0.0140. The van der Waals surface area contributed by atoms with E-state index in [9.17, 15) is 23.1 Å². The van der Waals surface area contributed by atoms with E-state index in [1.54, 1.807) is 30.2 Å².